The third-order valence-electron chi connectivity index (χ3n) is 3.27. The van der Waals surface area contributed by atoms with E-state index in [9.17, 15) is 19.7 Å². The van der Waals surface area contributed by atoms with E-state index < -0.39 is 16.9 Å². The first-order chi connectivity index (χ1) is 9.99. The van der Waals surface area contributed by atoms with Crippen molar-refractivity contribution < 1.29 is 19.6 Å². The molecule has 0 unspecified atom stereocenters. The van der Waals surface area contributed by atoms with Gasteiger partial charge in [0.2, 0.25) is 5.91 Å². The highest BCUT2D eigenvalue weighted by molar-refractivity contribution is 8.00. The van der Waals surface area contributed by atoms with Crippen molar-refractivity contribution in [1.29, 1.82) is 0 Å². The van der Waals surface area contributed by atoms with Gasteiger partial charge in [-0.3, -0.25) is 14.9 Å². The summed E-state index contributed by atoms with van der Waals surface area (Å²) in [4.78, 5) is 35.2. The van der Waals surface area contributed by atoms with Crippen LogP contribution in [0, 0.1) is 10.1 Å². The number of carbonyl (C=O) groups excluding carboxylic acids is 1. The maximum Gasteiger partial charge on any atom is 0.326 e. The molecule has 1 heterocycles. The smallest absolute Gasteiger partial charge is 0.326 e. The van der Waals surface area contributed by atoms with E-state index in [2.05, 4.69) is 0 Å². The molecule has 1 aliphatic heterocycles. The van der Waals surface area contributed by atoms with Crippen LogP contribution in [0.15, 0.2) is 29.2 Å². The van der Waals surface area contributed by atoms with Crippen molar-refractivity contribution in [2.24, 2.45) is 0 Å². The van der Waals surface area contributed by atoms with Gasteiger partial charge < -0.3 is 10.0 Å². The summed E-state index contributed by atoms with van der Waals surface area (Å²) in [7, 11) is 0. The van der Waals surface area contributed by atoms with E-state index in [1.807, 2.05) is 0 Å². The van der Waals surface area contributed by atoms with Crippen LogP contribution in [-0.4, -0.2) is 45.1 Å². The largest absolute Gasteiger partial charge is 0.480 e. The second kappa shape index (κ2) is 6.57. The second-order valence-corrected chi connectivity index (χ2v) is 5.67. The molecule has 1 fully saturated rings. The Labute approximate surface area is 125 Å². The summed E-state index contributed by atoms with van der Waals surface area (Å²) in [5.41, 5.74) is -0.00355. The Morgan fingerprint density at radius 1 is 1.38 bits per heavy atom. The third-order valence-corrected chi connectivity index (χ3v) is 4.26. The number of carbonyl (C=O) groups is 2. The van der Waals surface area contributed by atoms with E-state index in [0.29, 0.717) is 19.4 Å². The lowest BCUT2D eigenvalue weighted by atomic mass is 10.2. The zero-order chi connectivity index (χ0) is 15.4. The van der Waals surface area contributed by atoms with Crippen LogP contribution >= 0.6 is 11.8 Å². The molecule has 1 atom stereocenters. The van der Waals surface area contributed by atoms with Crippen LogP contribution in [0.25, 0.3) is 0 Å². The fraction of sp³-hybridized carbons (Fsp3) is 0.385. The fourth-order valence-electron chi connectivity index (χ4n) is 2.21. The lowest BCUT2D eigenvalue weighted by molar-refractivity contribution is -0.384. The van der Waals surface area contributed by atoms with Gasteiger partial charge in [-0.2, -0.15) is 0 Å². The van der Waals surface area contributed by atoms with E-state index in [1.54, 1.807) is 12.1 Å². The maximum absolute atomic E-state index is 12.0. The molecule has 1 amide bonds. The molecule has 1 aromatic rings. The topological polar surface area (TPSA) is 101 Å². The monoisotopic (exact) mass is 310 g/mol. The molecule has 0 spiro atoms. The molecule has 0 saturated carbocycles. The zero-order valence-electron chi connectivity index (χ0n) is 11.1. The van der Waals surface area contributed by atoms with Gasteiger partial charge in [0.05, 0.1) is 10.7 Å². The molecule has 0 radical (unpaired) electrons. The number of carboxylic acid groups (broad SMARTS) is 1. The highest BCUT2D eigenvalue weighted by atomic mass is 32.2. The molecule has 1 N–H and O–H groups in total. The number of likely N-dealkylation sites (tertiary alicyclic amines) is 1. The quantitative estimate of drug-likeness (QED) is 0.505. The number of nitro groups is 1. The molecular formula is C13H14N2O5S. The average molecular weight is 310 g/mol. The van der Waals surface area contributed by atoms with Gasteiger partial charge in [0, 0.05) is 23.6 Å². The Hall–Kier alpha value is -2.09. The van der Waals surface area contributed by atoms with Crippen molar-refractivity contribution in [2.45, 2.75) is 23.8 Å². The lowest BCUT2D eigenvalue weighted by Crippen LogP contribution is -2.41. The summed E-state index contributed by atoms with van der Waals surface area (Å²) in [5, 5.41) is 19.6. The van der Waals surface area contributed by atoms with Crippen molar-refractivity contribution in [2.75, 3.05) is 12.3 Å². The van der Waals surface area contributed by atoms with E-state index in [4.69, 9.17) is 5.11 Å². The first-order valence-electron chi connectivity index (χ1n) is 6.38. The van der Waals surface area contributed by atoms with Crippen LogP contribution in [0.5, 0.6) is 0 Å². The van der Waals surface area contributed by atoms with Crippen molar-refractivity contribution >= 4 is 29.3 Å². The van der Waals surface area contributed by atoms with E-state index >= 15 is 0 Å². The number of non-ortho nitro benzene ring substituents is 1. The van der Waals surface area contributed by atoms with Crippen LogP contribution in [0.4, 0.5) is 5.69 Å². The number of nitro benzene ring substituents is 1. The molecule has 1 aliphatic rings. The zero-order valence-corrected chi connectivity index (χ0v) is 11.9. The van der Waals surface area contributed by atoms with Crippen molar-refractivity contribution in [3.05, 3.63) is 34.4 Å². The van der Waals surface area contributed by atoms with Gasteiger partial charge in [-0.1, -0.05) is 0 Å². The number of rotatable bonds is 5. The molecule has 8 heteroatoms. The molecular weight excluding hydrogens is 296 g/mol. The normalized spacial score (nSPS) is 17.7. The molecule has 21 heavy (non-hydrogen) atoms. The number of nitrogens with zero attached hydrogens (tertiary/aromatic N) is 2. The molecule has 112 valence electrons. The number of hydrogen-bond acceptors (Lipinski definition) is 5. The van der Waals surface area contributed by atoms with Gasteiger partial charge in [0.15, 0.2) is 0 Å². The van der Waals surface area contributed by atoms with E-state index in [1.165, 1.54) is 28.8 Å². The average Bonchev–Trinajstić information content (AvgIpc) is 2.95. The number of thioether (sulfide) groups is 1. The Balaban J connectivity index is 1.91. The van der Waals surface area contributed by atoms with Gasteiger partial charge in [0.1, 0.15) is 6.04 Å². The van der Waals surface area contributed by atoms with Crippen LogP contribution in [-0.2, 0) is 9.59 Å². The SMILES string of the molecule is O=C(O)[C@@H]1CCCN1C(=O)CSc1ccc([N+](=O)[O-])cc1. The Kier molecular flexibility index (Phi) is 4.79. The van der Waals surface area contributed by atoms with Crippen LogP contribution in [0.3, 0.4) is 0 Å². The van der Waals surface area contributed by atoms with Gasteiger partial charge in [-0.05, 0) is 25.0 Å². The minimum atomic E-state index is -0.971. The summed E-state index contributed by atoms with van der Waals surface area (Å²) >= 11 is 1.24. The van der Waals surface area contributed by atoms with Crippen LogP contribution < -0.4 is 0 Å². The van der Waals surface area contributed by atoms with E-state index in [0.717, 1.165) is 4.90 Å². The summed E-state index contributed by atoms with van der Waals surface area (Å²) in [6, 6.07) is 5.18. The Morgan fingerprint density at radius 3 is 2.62 bits per heavy atom. The summed E-state index contributed by atoms with van der Waals surface area (Å²) in [6.45, 7) is 0.469. The fourth-order valence-corrected chi connectivity index (χ4v) is 3.00. The van der Waals surface area contributed by atoms with Gasteiger partial charge in [-0.15, -0.1) is 11.8 Å². The molecule has 1 saturated heterocycles. The highest BCUT2D eigenvalue weighted by Gasteiger charge is 2.33. The first-order valence-corrected chi connectivity index (χ1v) is 7.37. The van der Waals surface area contributed by atoms with Crippen molar-refractivity contribution in [3.8, 4) is 0 Å². The minimum absolute atomic E-state index is 0.00355. The molecule has 2 rings (SSSR count). The first kappa shape index (κ1) is 15.3. The van der Waals surface area contributed by atoms with Crippen LogP contribution in [0.1, 0.15) is 12.8 Å². The number of hydrogen-bond donors (Lipinski definition) is 1. The Bertz CT molecular complexity index is 560. The van der Waals surface area contributed by atoms with Crippen LogP contribution in [0.2, 0.25) is 0 Å². The predicted octanol–water partition coefficient (Wildman–Crippen LogP) is 1.76. The summed E-state index contributed by atoms with van der Waals surface area (Å²) in [6.07, 6.45) is 1.19. The number of aliphatic carboxylic acids is 1. The van der Waals surface area contributed by atoms with Crippen molar-refractivity contribution in [3.63, 3.8) is 0 Å². The second-order valence-electron chi connectivity index (χ2n) is 4.62. The van der Waals surface area contributed by atoms with Gasteiger partial charge in [0.25, 0.3) is 5.69 Å². The third kappa shape index (κ3) is 3.72. The molecule has 7 nitrogen and oxygen atoms in total. The molecule has 0 aromatic heterocycles. The number of benzene rings is 1. The van der Waals surface area contributed by atoms with Crippen molar-refractivity contribution in [1.82, 2.24) is 4.90 Å². The molecule has 0 aliphatic carbocycles. The van der Waals surface area contributed by atoms with E-state index in [-0.39, 0.29) is 17.3 Å². The highest BCUT2D eigenvalue weighted by Crippen LogP contribution is 2.24. The molecule has 1 aromatic carbocycles. The summed E-state index contributed by atoms with van der Waals surface area (Å²) < 4.78 is 0. The number of amides is 1. The Morgan fingerprint density at radius 2 is 2.05 bits per heavy atom. The number of carboxylic acids is 1. The minimum Gasteiger partial charge on any atom is -0.480 e. The van der Waals surface area contributed by atoms with Gasteiger partial charge in [-0.25, -0.2) is 4.79 Å². The standard InChI is InChI=1S/C13H14N2O5S/c16-12(14-7-1-2-11(14)13(17)18)8-21-10-5-3-9(4-6-10)15(19)20/h3-6,11H,1-2,7-8H2,(H,17,18)/t11-/m0/s1. The van der Waals surface area contributed by atoms with Gasteiger partial charge >= 0.3 is 5.97 Å². The maximum atomic E-state index is 12.0. The molecule has 0 bridgehead atoms. The summed E-state index contributed by atoms with van der Waals surface area (Å²) in [5.74, 6) is -1.06. The lowest BCUT2D eigenvalue weighted by Gasteiger charge is -2.21. The predicted molar refractivity (Wildman–Crippen MR) is 76.2 cm³/mol.